The normalized spacial score (nSPS) is 14.2. The summed E-state index contributed by atoms with van der Waals surface area (Å²) in [6.45, 7) is 1.04. The van der Waals surface area contributed by atoms with E-state index in [9.17, 15) is 18.0 Å². The Kier molecular flexibility index (Phi) is 10.8. The summed E-state index contributed by atoms with van der Waals surface area (Å²) in [5, 5.41) is 3.87. The lowest BCUT2D eigenvalue weighted by Gasteiger charge is -2.32. The van der Waals surface area contributed by atoms with Crippen LogP contribution in [0.5, 0.6) is 11.5 Å². The molecule has 0 aliphatic heterocycles. The summed E-state index contributed by atoms with van der Waals surface area (Å²) in [5.74, 6) is -0.340. The molecule has 0 unspecified atom stereocenters. The van der Waals surface area contributed by atoms with E-state index in [0.717, 1.165) is 30.0 Å². The van der Waals surface area contributed by atoms with Gasteiger partial charge in [-0.3, -0.25) is 13.9 Å². The number of halogens is 2. The Morgan fingerprint density at radius 2 is 1.60 bits per heavy atom. The zero-order chi connectivity index (χ0) is 31.1. The smallest absolute Gasteiger partial charge is 0.264 e. The summed E-state index contributed by atoms with van der Waals surface area (Å²) in [5.41, 5.74) is 0.840. The van der Waals surface area contributed by atoms with Crippen molar-refractivity contribution in [2.75, 3.05) is 25.1 Å². The van der Waals surface area contributed by atoms with E-state index in [-0.39, 0.29) is 34.8 Å². The molecule has 1 saturated carbocycles. The van der Waals surface area contributed by atoms with E-state index in [2.05, 4.69) is 5.32 Å². The van der Waals surface area contributed by atoms with Crippen molar-refractivity contribution in [3.05, 3.63) is 82.3 Å². The second kappa shape index (κ2) is 14.3. The molecule has 0 heterocycles. The molecule has 0 spiro atoms. The first kappa shape index (κ1) is 32.4. The third kappa shape index (κ3) is 7.74. The van der Waals surface area contributed by atoms with Gasteiger partial charge in [-0.25, -0.2) is 8.42 Å². The lowest BCUT2D eigenvalue weighted by Crippen LogP contribution is -2.52. The Balaban J connectivity index is 1.72. The molecular formula is C31H35Cl2N3O6S. The number of nitrogens with one attached hydrogen (secondary N) is 1. The molecule has 3 aromatic rings. The minimum Gasteiger partial charge on any atom is -0.493 e. The monoisotopic (exact) mass is 647 g/mol. The van der Waals surface area contributed by atoms with Crippen LogP contribution in [-0.4, -0.2) is 58.0 Å². The third-order valence-corrected chi connectivity index (χ3v) is 9.89. The molecule has 12 heteroatoms. The summed E-state index contributed by atoms with van der Waals surface area (Å²) in [7, 11) is -1.47. The SMILES string of the molecule is COc1ccc(S(=O)(=O)N(CC(=O)N(Cc2ccccc2Cl)[C@H](C)C(=O)NC2CCCC2)c2ccc(Cl)cc2)cc1OC. The molecule has 3 aromatic carbocycles. The van der Waals surface area contributed by atoms with E-state index in [0.29, 0.717) is 21.4 Å². The molecule has 43 heavy (non-hydrogen) atoms. The molecule has 0 saturated heterocycles. The quantitative estimate of drug-likeness (QED) is 0.271. The fraction of sp³-hybridized carbons (Fsp3) is 0.355. The predicted molar refractivity (Wildman–Crippen MR) is 167 cm³/mol. The molecule has 1 atom stereocenters. The van der Waals surface area contributed by atoms with Gasteiger partial charge in [0.25, 0.3) is 10.0 Å². The molecule has 230 valence electrons. The summed E-state index contributed by atoms with van der Waals surface area (Å²) in [6.07, 6.45) is 3.83. The number of hydrogen-bond acceptors (Lipinski definition) is 6. The maximum atomic E-state index is 14.1. The van der Waals surface area contributed by atoms with E-state index in [1.54, 1.807) is 31.2 Å². The van der Waals surface area contributed by atoms with Crippen LogP contribution >= 0.6 is 23.2 Å². The number of ether oxygens (including phenoxy) is 2. The van der Waals surface area contributed by atoms with E-state index in [1.165, 1.54) is 61.6 Å². The Hall–Kier alpha value is -3.47. The number of methoxy groups -OCH3 is 2. The molecule has 4 rings (SSSR count). The fourth-order valence-electron chi connectivity index (χ4n) is 5.03. The molecule has 2 amide bonds. The zero-order valence-electron chi connectivity index (χ0n) is 24.3. The number of amides is 2. The Morgan fingerprint density at radius 1 is 0.953 bits per heavy atom. The minimum atomic E-state index is -4.32. The maximum Gasteiger partial charge on any atom is 0.264 e. The lowest BCUT2D eigenvalue weighted by atomic mass is 10.1. The zero-order valence-corrected chi connectivity index (χ0v) is 26.6. The van der Waals surface area contributed by atoms with Gasteiger partial charge < -0.3 is 19.7 Å². The van der Waals surface area contributed by atoms with Crippen LogP contribution in [0.1, 0.15) is 38.2 Å². The first-order chi connectivity index (χ1) is 20.5. The van der Waals surface area contributed by atoms with Gasteiger partial charge in [-0.2, -0.15) is 0 Å². The van der Waals surface area contributed by atoms with E-state index >= 15 is 0 Å². The molecule has 9 nitrogen and oxygen atoms in total. The summed E-state index contributed by atoms with van der Waals surface area (Å²) in [4.78, 5) is 28.7. The van der Waals surface area contributed by atoms with Crippen LogP contribution < -0.4 is 19.1 Å². The van der Waals surface area contributed by atoms with Gasteiger partial charge in [0.1, 0.15) is 12.6 Å². The van der Waals surface area contributed by atoms with Crippen LogP contribution in [0.3, 0.4) is 0 Å². The van der Waals surface area contributed by atoms with Crippen LogP contribution in [0, 0.1) is 0 Å². The second-order valence-corrected chi connectivity index (χ2v) is 13.0. The van der Waals surface area contributed by atoms with Gasteiger partial charge in [0.2, 0.25) is 11.8 Å². The maximum absolute atomic E-state index is 14.1. The van der Waals surface area contributed by atoms with Crippen molar-refractivity contribution >= 4 is 50.7 Å². The first-order valence-electron chi connectivity index (χ1n) is 13.9. The molecular weight excluding hydrogens is 613 g/mol. The van der Waals surface area contributed by atoms with Crippen molar-refractivity contribution in [3.8, 4) is 11.5 Å². The van der Waals surface area contributed by atoms with Crippen molar-refractivity contribution in [1.29, 1.82) is 0 Å². The molecule has 0 aromatic heterocycles. The van der Waals surface area contributed by atoms with Crippen molar-refractivity contribution in [1.82, 2.24) is 10.2 Å². The number of benzene rings is 3. The van der Waals surface area contributed by atoms with Gasteiger partial charge in [0, 0.05) is 28.7 Å². The topological polar surface area (TPSA) is 105 Å². The highest BCUT2D eigenvalue weighted by atomic mass is 35.5. The van der Waals surface area contributed by atoms with E-state index < -0.39 is 28.5 Å². The number of nitrogens with zero attached hydrogens (tertiary/aromatic N) is 2. The van der Waals surface area contributed by atoms with Crippen LogP contribution in [0.25, 0.3) is 0 Å². The highest BCUT2D eigenvalue weighted by Crippen LogP contribution is 2.33. The minimum absolute atomic E-state index is 0.00260. The molecule has 1 N–H and O–H groups in total. The van der Waals surface area contributed by atoms with Gasteiger partial charge in [-0.15, -0.1) is 0 Å². The van der Waals surface area contributed by atoms with Crippen LogP contribution in [0.15, 0.2) is 71.6 Å². The standard InChI is InChI=1S/C31H35Cl2N3O6S/c1-21(31(38)34-24-9-5-6-10-24)35(19-22-8-4-7-11-27(22)33)30(37)20-36(25-14-12-23(32)13-15-25)43(39,40)26-16-17-28(41-2)29(18-26)42-3/h4,7-8,11-18,21,24H,5-6,9-10,19-20H2,1-3H3,(H,34,38)/t21-/m1/s1. The molecule has 1 fully saturated rings. The van der Waals surface area contributed by atoms with Crippen LogP contribution in [-0.2, 0) is 26.2 Å². The number of sulfonamides is 1. The summed E-state index contributed by atoms with van der Waals surface area (Å²) >= 11 is 12.5. The largest absolute Gasteiger partial charge is 0.493 e. The van der Waals surface area contributed by atoms with Gasteiger partial charge in [-0.1, -0.05) is 54.2 Å². The Morgan fingerprint density at radius 3 is 2.23 bits per heavy atom. The summed E-state index contributed by atoms with van der Waals surface area (Å²) in [6, 6.07) is 16.5. The molecule has 0 radical (unpaired) electrons. The summed E-state index contributed by atoms with van der Waals surface area (Å²) < 4.78 is 39.8. The highest BCUT2D eigenvalue weighted by molar-refractivity contribution is 7.92. The average Bonchev–Trinajstić information content (AvgIpc) is 3.52. The van der Waals surface area contributed by atoms with Gasteiger partial charge in [-0.05, 0) is 67.8 Å². The van der Waals surface area contributed by atoms with Crippen molar-refractivity contribution in [3.63, 3.8) is 0 Å². The number of carbonyl (C=O) groups is 2. The van der Waals surface area contributed by atoms with Crippen molar-refractivity contribution in [2.45, 2.75) is 56.1 Å². The number of rotatable bonds is 12. The van der Waals surface area contributed by atoms with Gasteiger partial charge in [0.15, 0.2) is 11.5 Å². The van der Waals surface area contributed by atoms with Crippen LogP contribution in [0.4, 0.5) is 5.69 Å². The third-order valence-electron chi connectivity index (χ3n) is 7.50. The van der Waals surface area contributed by atoms with Crippen molar-refractivity contribution in [2.24, 2.45) is 0 Å². The highest BCUT2D eigenvalue weighted by Gasteiger charge is 2.34. The number of anilines is 1. The molecule has 0 bridgehead atoms. The molecule has 1 aliphatic rings. The van der Waals surface area contributed by atoms with E-state index in [1.807, 2.05) is 0 Å². The second-order valence-electron chi connectivity index (χ2n) is 10.3. The van der Waals surface area contributed by atoms with E-state index in [4.69, 9.17) is 32.7 Å². The van der Waals surface area contributed by atoms with Crippen molar-refractivity contribution < 1.29 is 27.5 Å². The lowest BCUT2D eigenvalue weighted by molar-refractivity contribution is -0.139. The van der Waals surface area contributed by atoms with Gasteiger partial charge in [0.05, 0.1) is 24.8 Å². The molecule has 1 aliphatic carbocycles. The fourth-order valence-corrected chi connectivity index (χ4v) is 6.78. The Labute approximate surface area is 262 Å². The average molecular weight is 649 g/mol. The predicted octanol–water partition coefficient (Wildman–Crippen LogP) is 5.68. The van der Waals surface area contributed by atoms with Gasteiger partial charge >= 0.3 is 0 Å². The number of carbonyl (C=O) groups excluding carboxylic acids is 2. The van der Waals surface area contributed by atoms with Crippen LogP contribution in [0.2, 0.25) is 10.0 Å². The number of hydrogen-bond donors (Lipinski definition) is 1. The Bertz CT molecular complexity index is 1550. The first-order valence-corrected chi connectivity index (χ1v) is 16.1.